The highest BCUT2D eigenvalue weighted by Crippen LogP contribution is 2.33. The number of fused-ring (bicyclic) bond motifs is 1. The molecule has 1 atom stereocenters. The average Bonchev–Trinajstić information content (AvgIpc) is 2.96. The van der Waals surface area contributed by atoms with E-state index in [0.29, 0.717) is 0 Å². The first-order chi connectivity index (χ1) is 8.74. The van der Waals surface area contributed by atoms with Crippen LogP contribution in [-0.4, -0.2) is 30.2 Å². The van der Waals surface area contributed by atoms with Crippen molar-refractivity contribution in [1.82, 2.24) is 4.90 Å². The van der Waals surface area contributed by atoms with Crippen molar-refractivity contribution in [1.29, 1.82) is 0 Å². The van der Waals surface area contributed by atoms with Gasteiger partial charge in [0.15, 0.2) is 11.5 Å². The Bertz CT molecular complexity index is 475. The molecule has 5 heteroatoms. The van der Waals surface area contributed by atoms with E-state index in [4.69, 9.17) is 15.2 Å². The van der Waals surface area contributed by atoms with Gasteiger partial charge in [0.25, 0.3) is 0 Å². The smallest absolute Gasteiger partial charge is 0.234 e. The maximum atomic E-state index is 11.3. The van der Waals surface area contributed by atoms with Crippen LogP contribution in [0.15, 0.2) is 18.2 Å². The van der Waals surface area contributed by atoms with Crippen LogP contribution < -0.4 is 15.2 Å². The van der Waals surface area contributed by atoms with Gasteiger partial charge in [-0.15, -0.1) is 0 Å². The molecule has 0 bridgehead atoms. The number of hydrogen-bond donors (Lipinski definition) is 1. The number of carbonyl (C=O) groups excluding carboxylic acids is 1. The molecule has 0 saturated carbocycles. The van der Waals surface area contributed by atoms with Gasteiger partial charge in [-0.1, -0.05) is 6.07 Å². The Morgan fingerprint density at radius 1 is 1.39 bits per heavy atom. The monoisotopic (exact) mass is 248 g/mol. The maximum Gasteiger partial charge on any atom is 0.234 e. The van der Waals surface area contributed by atoms with E-state index in [1.165, 1.54) is 0 Å². The highest BCUT2D eigenvalue weighted by molar-refractivity contribution is 5.80. The number of nitrogens with two attached hydrogens (primary N) is 1. The predicted molar refractivity (Wildman–Crippen MR) is 65.2 cm³/mol. The summed E-state index contributed by atoms with van der Waals surface area (Å²) in [5, 5.41) is 0. The molecule has 0 radical (unpaired) electrons. The van der Waals surface area contributed by atoms with E-state index in [-0.39, 0.29) is 18.7 Å². The largest absolute Gasteiger partial charge is 0.454 e. The molecule has 1 amide bonds. The zero-order chi connectivity index (χ0) is 12.5. The van der Waals surface area contributed by atoms with E-state index in [2.05, 4.69) is 4.90 Å². The van der Waals surface area contributed by atoms with Gasteiger partial charge in [-0.05, 0) is 37.1 Å². The molecule has 18 heavy (non-hydrogen) atoms. The van der Waals surface area contributed by atoms with E-state index < -0.39 is 0 Å². The van der Waals surface area contributed by atoms with Gasteiger partial charge in [0.2, 0.25) is 12.7 Å². The number of benzene rings is 1. The minimum atomic E-state index is -0.228. The molecule has 1 fully saturated rings. The lowest BCUT2D eigenvalue weighted by Gasteiger charge is -2.21. The highest BCUT2D eigenvalue weighted by Gasteiger charge is 2.29. The first-order valence-electron chi connectivity index (χ1n) is 6.16. The predicted octanol–water partition coefficient (Wildman–Crippen LogP) is 0.865. The zero-order valence-electron chi connectivity index (χ0n) is 10.1. The molecule has 96 valence electrons. The van der Waals surface area contributed by atoms with Gasteiger partial charge >= 0.3 is 0 Å². The minimum absolute atomic E-state index is 0.129. The fourth-order valence-corrected chi connectivity index (χ4v) is 2.61. The summed E-state index contributed by atoms with van der Waals surface area (Å²) in [5.74, 6) is 1.34. The van der Waals surface area contributed by atoms with E-state index in [0.717, 1.165) is 43.0 Å². The number of likely N-dealkylation sites (tertiary alicyclic amines) is 1. The zero-order valence-corrected chi connectivity index (χ0v) is 10.1. The van der Waals surface area contributed by atoms with E-state index in [9.17, 15) is 4.79 Å². The van der Waals surface area contributed by atoms with Crippen LogP contribution in [0, 0.1) is 0 Å². The lowest BCUT2D eigenvalue weighted by molar-refractivity contribution is -0.122. The van der Waals surface area contributed by atoms with Crippen molar-refractivity contribution in [2.45, 2.75) is 25.4 Å². The summed E-state index contributed by atoms with van der Waals surface area (Å²) in [6, 6.07) is 5.76. The van der Waals surface area contributed by atoms with Gasteiger partial charge in [-0.2, -0.15) is 0 Å². The molecule has 1 aromatic rings. The average molecular weight is 248 g/mol. The normalized spacial score (nSPS) is 22.3. The van der Waals surface area contributed by atoms with Gasteiger partial charge < -0.3 is 15.2 Å². The van der Waals surface area contributed by atoms with Crippen LogP contribution in [0.25, 0.3) is 0 Å². The number of amides is 1. The SMILES string of the molecule is NC(=O)[C@H]1CCCN1Cc1ccc2c(c1)OCO2. The second-order valence-corrected chi connectivity index (χ2v) is 4.72. The fraction of sp³-hybridized carbons (Fsp3) is 0.462. The van der Waals surface area contributed by atoms with Crippen LogP contribution in [0.5, 0.6) is 11.5 Å². The lowest BCUT2D eigenvalue weighted by Crippen LogP contribution is -2.39. The molecule has 0 spiro atoms. The van der Waals surface area contributed by atoms with Gasteiger partial charge in [-0.25, -0.2) is 0 Å². The Kier molecular flexibility index (Phi) is 2.83. The summed E-state index contributed by atoms with van der Waals surface area (Å²) in [4.78, 5) is 13.5. The molecule has 2 heterocycles. The fourth-order valence-electron chi connectivity index (χ4n) is 2.61. The van der Waals surface area contributed by atoms with Gasteiger partial charge in [-0.3, -0.25) is 9.69 Å². The highest BCUT2D eigenvalue weighted by atomic mass is 16.7. The number of ether oxygens (including phenoxy) is 2. The summed E-state index contributed by atoms with van der Waals surface area (Å²) in [5.41, 5.74) is 6.52. The Balaban J connectivity index is 1.74. The molecule has 0 aliphatic carbocycles. The van der Waals surface area contributed by atoms with Gasteiger partial charge in [0.05, 0.1) is 6.04 Å². The third kappa shape index (κ3) is 2.01. The molecular formula is C13H16N2O3. The molecule has 2 aliphatic heterocycles. The Morgan fingerprint density at radius 3 is 3.06 bits per heavy atom. The molecular weight excluding hydrogens is 232 g/mol. The quantitative estimate of drug-likeness (QED) is 0.861. The molecule has 1 aromatic carbocycles. The van der Waals surface area contributed by atoms with Crippen molar-refractivity contribution in [3.05, 3.63) is 23.8 Å². The third-order valence-corrected chi connectivity index (χ3v) is 3.51. The Morgan fingerprint density at radius 2 is 2.22 bits per heavy atom. The number of nitrogens with zero attached hydrogens (tertiary/aromatic N) is 1. The molecule has 2 aliphatic rings. The number of carbonyl (C=O) groups is 1. The molecule has 3 rings (SSSR count). The van der Waals surface area contributed by atoms with E-state index in [1.807, 2.05) is 18.2 Å². The van der Waals surface area contributed by atoms with Crippen LogP contribution >= 0.6 is 0 Å². The standard InChI is InChI=1S/C13H16N2O3/c14-13(16)10-2-1-5-15(10)7-9-3-4-11-12(6-9)18-8-17-11/h3-4,6,10H,1-2,5,7-8H2,(H2,14,16)/t10-/m1/s1. The van der Waals surface area contributed by atoms with Crippen molar-refractivity contribution in [2.75, 3.05) is 13.3 Å². The number of hydrogen-bond acceptors (Lipinski definition) is 4. The minimum Gasteiger partial charge on any atom is -0.454 e. The Hall–Kier alpha value is -1.75. The van der Waals surface area contributed by atoms with E-state index >= 15 is 0 Å². The first kappa shape index (κ1) is 11.3. The van der Waals surface area contributed by atoms with Crippen molar-refractivity contribution < 1.29 is 14.3 Å². The van der Waals surface area contributed by atoms with Gasteiger partial charge in [0.1, 0.15) is 0 Å². The second-order valence-electron chi connectivity index (χ2n) is 4.72. The summed E-state index contributed by atoms with van der Waals surface area (Å²) in [6.07, 6.45) is 1.89. The van der Waals surface area contributed by atoms with Crippen molar-refractivity contribution in [3.8, 4) is 11.5 Å². The molecule has 0 unspecified atom stereocenters. The first-order valence-corrected chi connectivity index (χ1v) is 6.16. The topological polar surface area (TPSA) is 64.8 Å². The van der Waals surface area contributed by atoms with Crippen LogP contribution in [0.4, 0.5) is 0 Å². The summed E-state index contributed by atoms with van der Waals surface area (Å²) >= 11 is 0. The second kappa shape index (κ2) is 4.49. The van der Waals surface area contributed by atoms with E-state index in [1.54, 1.807) is 0 Å². The molecule has 5 nitrogen and oxygen atoms in total. The van der Waals surface area contributed by atoms with Crippen LogP contribution in [0.3, 0.4) is 0 Å². The number of primary amides is 1. The van der Waals surface area contributed by atoms with Crippen LogP contribution in [-0.2, 0) is 11.3 Å². The van der Waals surface area contributed by atoms with Crippen molar-refractivity contribution in [2.24, 2.45) is 5.73 Å². The lowest BCUT2D eigenvalue weighted by atomic mass is 10.1. The third-order valence-electron chi connectivity index (χ3n) is 3.51. The maximum absolute atomic E-state index is 11.3. The van der Waals surface area contributed by atoms with Gasteiger partial charge in [0, 0.05) is 6.54 Å². The summed E-state index contributed by atoms with van der Waals surface area (Å²) < 4.78 is 10.6. The molecule has 2 N–H and O–H groups in total. The molecule has 0 aromatic heterocycles. The van der Waals surface area contributed by atoms with Crippen LogP contribution in [0.2, 0.25) is 0 Å². The summed E-state index contributed by atoms with van der Waals surface area (Å²) in [7, 11) is 0. The summed E-state index contributed by atoms with van der Waals surface area (Å²) in [6.45, 7) is 1.93. The van der Waals surface area contributed by atoms with Crippen LogP contribution in [0.1, 0.15) is 18.4 Å². The van der Waals surface area contributed by atoms with Crippen molar-refractivity contribution in [3.63, 3.8) is 0 Å². The molecule has 1 saturated heterocycles. The Labute approximate surface area is 105 Å². The van der Waals surface area contributed by atoms with Crippen molar-refractivity contribution >= 4 is 5.91 Å². The number of rotatable bonds is 3.